The third-order valence-corrected chi connectivity index (χ3v) is 5.75. The third-order valence-electron chi connectivity index (χ3n) is 4.57. The maximum atomic E-state index is 11.9. The number of rotatable bonds is 3. The van der Waals surface area contributed by atoms with E-state index in [1.165, 1.54) is 11.3 Å². The van der Waals surface area contributed by atoms with E-state index in [9.17, 15) is 14.7 Å². The maximum Gasteiger partial charge on any atom is 0.354 e. The Balaban J connectivity index is 2.00. The van der Waals surface area contributed by atoms with Gasteiger partial charge in [-0.1, -0.05) is 6.92 Å². The molecule has 1 amide bonds. The Labute approximate surface area is 153 Å². The first-order chi connectivity index (χ1) is 12.4. The first kappa shape index (κ1) is 16.6. The fraction of sp³-hybridized carbons (Fsp3) is 0.278. The summed E-state index contributed by atoms with van der Waals surface area (Å²) < 4.78 is 7.19. The third kappa shape index (κ3) is 2.29. The van der Waals surface area contributed by atoms with Crippen molar-refractivity contribution in [3.63, 3.8) is 0 Å². The average molecular weight is 371 g/mol. The number of carboxylic acid groups (broad SMARTS) is 1. The Morgan fingerprint density at radius 3 is 2.88 bits per heavy atom. The zero-order chi connectivity index (χ0) is 18.6. The number of thiazole rings is 1. The highest BCUT2D eigenvalue weighted by Gasteiger charge is 2.26. The summed E-state index contributed by atoms with van der Waals surface area (Å²) in [7, 11) is 1.71. The van der Waals surface area contributed by atoms with Gasteiger partial charge < -0.3 is 14.7 Å². The van der Waals surface area contributed by atoms with Crippen LogP contribution in [0.4, 0.5) is 5.69 Å². The predicted molar refractivity (Wildman–Crippen MR) is 98.5 cm³/mol. The number of carbonyl (C=O) groups is 2. The molecule has 0 saturated heterocycles. The maximum absolute atomic E-state index is 11.9. The number of aromatic nitrogens is 2. The number of aromatic carboxylic acids is 1. The lowest BCUT2D eigenvalue weighted by molar-refractivity contribution is -0.120. The van der Waals surface area contributed by atoms with E-state index < -0.39 is 5.97 Å². The molecule has 0 fully saturated rings. The van der Waals surface area contributed by atoms with Gasteiger partial charge in [-0.3, -0.25) is 9.20 Å². The topological polar surface area (TPSA) is 84.1 Å². The van der Waals surface area contributed by atoms with E-state index in [2.05, 4.69) is 4.98 Å². The molecule has 0 unspecified atom stereocenters. The molecule has 1 aromatic carbocycles. The van der Waals surface area contributed by atoms with Crippen molar-refractivity contribution in [2.24, 2.45) is 0 Å². The van der Waals surface area contributed by atoms with Crippen molar-refractivity contribution in [2.75, 3.05) is 18.6 Å². The zero-order valence-corrected chi connectivity index (χ0v) is 15.4. The molecule has 3 heterocycles. The number of amides is 1. The molecule has 4 rings (SSSR count). The van der Waals surface area contributed by atoms with Gasteiger partial charge in [0.05, 0.1) is 17.1 Å². The summed E-state index contributed by atoms with van der Waals surface area (Å²) in [6, 6.07) is 5.58. The molecule has 134 valence electrons. The van der Waals surface area contributed by atoms with Crippen LogP contribution in [-0.2, 0) is 11.2 Å². The Bertz CT molecular complexity index is 1070. The number of benzene rings is 1. The number of hydrogen-bond donors (Lipinski definition) is 1. The van der Waals surface area contributed by atoms with Crippen LogP contribution in [0.1, 0.15) is 28.0 Å². The van der Waals surface area contributed by atoms with Gasteiger partial charge >= 0.3 is 5.97 Å². The van der Waals surface area contributed by atoms with Crippen LogP contribution in [0, 0.1) is 6.92 Å². The molecule has 0 bridgehead atoms. The monoisotopic (exact) mass is 371 g/mol. The van der Waals surface area contributed by atoms with E-state index in [0.717, 1.165) is 22.6 Å². The second-order valence-corrected chi connectivity index (χ2v) is 7.18. The van der Waals surface area contributed by atoms with Crippen LogP contribution in [0.25, 0.3) is 16.2 Å². The molecule has 0 atom stereocenters. The van der Waals surface area contributed by atoms with E-state index in [4.69, 9.17) is 4.74 Å². The van der Waals surface area contributed by atoms with Crippen LogP contribution in [0.3, 0.4) is 0 Å². The van der Waals surface area contributed by atoms with Crippen molar-refractivity contribution >= 4 is 33.9 Å². The number of aryl methyl sites for hydroxylation is 2. The smallest absolute Gasteiger partial charge is 0.354 e. The van der Waals surface area contributed by atoms with Gasteiger partial charge in [0.2, 0.25) is 0 Å². The van der Waals surface area contributed by atoms with E-state index in [0.29, 0.717) is 22.1 Å². The molecule has 26 heavy (non-hydrogen) atoms. The molecule has 7 nitrogen and oxygen atoms in total. The van der Waals surface area contributed by atoms with Gasteiger partial charge in [-0.25, -0.2) is 9.78 Å². The molecule has 8 heteroatoms. The Kier molecular flexibility index (Phi) is 3.73. The minimum absolute atomic E-state index is 0.0234. The number of nitrogens with zero attached hydrogens (tertiary/aromatic N) is 3. The number of fused-ring (bicyclic) bond motifs is 2. The molecule has 1 aliphatic rings. The average Bonchev–Trinajstić information content (AvgIpc) is 3.11. The molecule has 0 aliphatic carbocycles. The summed E-state index contributed by atoms with van der Waals surface area (Å²) in [5.41, 5.74) is 2.97. The number of anilines is 1. The summed E-state index contributed by atoms with van der Waals surface area (Å²) in [4.78, 5) is 31.4. The highest BCUT2D eigenvalue weighted by molar-refractivity contribution is 7.17. The van der Waals surface area contributed by atoms with Gasteiger partial charge in [-0.2, -0.15) is 0 Å². The lowest BCUT2D eigenvalue weighted by Crippen LogP contribution is -2.35. The van der Waals surface area contributed by atoms with Crippen molar-refractivity contribution in [3.05, 3.63) is 34.5 Å². The largest absolute Gasteiger partial charge is 0.482 e. The summed E-state index contributed by atoms with van der Waals surface area (Å²) in [5, 5.41) is 9.65. The first-order valence-corrected chi connectivity index (χ1v) is 9.01. The SMILES string of the molecule is CCc1sc2nc(C)c(C(=O)O)n2c1-c1ccc2c(c1)N(C)C(=O)CO2. The van der Waals surface area contributed by atoms with E-state index in [1.54, 1.807) is 23.3 Å². The number of carbonyl (C=O) groups excluding carboxylic acids is 1. The molecule has 0 radical (unpaired) electrons. The van der Waals surface area contributed by atoms with Crippen LogP contribution in [0.15, 0.2) is 18.2 Å². The number of carboxylic acids is 1. The summed E-state index contributed by atoms with van der Waals surface area (Å²) in [5.74, 6) is -0.489. The van der Waals surface area contributed by atoms with Gasteiger partial charge in [0.1, 0.15) is 5.75 Å². The summed E-state index contributed by atoms with van der Waals surface area (Å²) in [6.07, 6.45) is 0.754. The van der Waals surface area contributed by atoms with E-state index >= 15 is 0 Å². The van der Waals surface area contributed by atoms with Crippen LogP contribution >= 0.6 is 11.3 Å². The molecule has 0 spiro atoms. The lowest BCUT2D eigenvalue weighted by Gasteiger charge is -2.26. The molecule has 0 saturated carbocycles. The quantitative estimate of drug-likeness (QED) is 0.765. The highest BCUT2D eigenvalue weighted by atomic mass is 32.1. The minimum Gasteiger partial charge on any atom is -0.482 e. The van der Waals surface area contributed by atoms with Crippen LogP contribution in [0.5, 0.6) is 5.75 Å². The second kappa shape index (κ2) is 5.84. The fourth-order valence-corrected chi connectivity index (χ4v) is 4.39. The summed E-state index contributed by atoms with van der Waals surface area (Å²) in [6.45, 7) is 3.75. The Morgan fingerprint density at radius 1 is 1.42 bits per heavy atom. The van der Waals surface area contributed by atoms with Crippen LogP contribution < -0.4 is 9.64 Å². The second-order valence-electron chi connectivity index (χ2n) is 6.12. The lowest BCUT2D eigenvalue weighted by atomic mass is 10.1. The normalized spacial score (nSPS) is 13.8. The van der Waals surface area contributed by atoms with Crippen molar-refractivity contribution in [2.45, 2.75) is 20.3 Å². The first-order valence-electron chi connectivity index (χ1n) is 8.20. The minimum atomic E-state index is -1.01. The molecular formula is C18H17N3O4S. The van der Waals surface area contributed by atoms with Gasteiger partial charge in [-0.05, 0) is 31.5 Å². The molecule has 2 aromatic heterocycles. The van der Waals surface area contributed by atoms with Gasteiger partial charge in [0.15, 0.2) is 17.3 Å². The van der Waals surface area contributed by atoms with E-state index in [-0.39, 0.29) is 18.2 Å². The highest BCUT2D eigenvalue weighted by Crippen LogP contribution is 2.39. The number of likely N-dealkylation sites (N-methyl/N-ethyl adjacent to an activating group) is 1. The standard InChI is InChI=1S/C18H17N3O4S/c1-4-13-16(21-15(17(23)24)9(2)19-18(21)26-13)10-5-6-12-11(7-10)20(3)14(22)8-25-12/h5-7H,4,8H2,1-3H3,(H,23,24). The number of imidazole rings is 1. The molecule has 1 N–H and O–H groups in total. The van der Waals surface area contributed by atoms with Gasteiger partial charge in [0.25, 0.3) is 5.91 Å². The summed E-state index contributed by atoms with van der Waals surface area (Å²) >= 11 is 1.49. The van der Waals surface area contributed by atoms with E-state index in [1.807, 2.05) is 25.1 Å². The van der Waals surface area contributed by atoms with Crippen LogP contribution in [0.2, 0.25) is 0 Å². The van der Waals surface area contributed by atoms with Crippen molar-refractivity contribution in [1.29, 1.82) is 0 Å². The Hall–Kier alpha value is -2.87. The molecule has 3 aromatic rings. The van der Waals surface area contributed by atoms with Gasteiger partial charge in [-0.15, -0.1) is 11.3 Å². The molecule has 1 aliphatic heterocycles. The Morgan fingerprint density at radius 2 is 2.19 bits per heavy atom. The zero-order valence-electron chi connectivity index (χ0n) is 14.6. The van der Waals surface area contributed by atoms with Gasteiger partial charge in [0, 0.05) is 17.5 Å². The molecular weight excluding hydrogens is 354 g/mol. The fourth-order valence-electron chi connectivity index (χ4n) is 3.26. The van der Waals surface area contributed by atoms with Crippen molar-refractivity contribution in [1.82, 2.24) is 9.38 Å². The van der Waals surface area contributed by atoms with Crippen molar-refractivity contribution < 1.29 is 19.4 Å². The van der Waals surface area contributed by atoms with Crippen LogP contribution in [-0.4, -0.2) is 40.0 Å². The number of ether oxygens (including phenoxy) is 1. The predicted octanol–water partition coefficient (Wildman–Crippen LogP) is 2.99. The number of hydrogen-bond acceptors (Lipinski definition) is 5. The van der Waals surface area contributed by atoms with Crippen molar-refractivity contribution in [3.8, 4) is 17.0 Å².